The Balaban J connectivity index is 0.00000169. The number of nitrogens with zero attached hydrogens (tertiary/aromatic N) is 2. The average Bonchev–Trinajstić information content (AvgIpc) is 2.62. The predicted octanol–water partition coefficient (Wildman–Crippen LogP) is 18.8. The molecular formula is C73H145FN2O10. The van der Waals surface area contributed by atoms with Crippen molar-refractivity contribution < 1.29 is 53.7 Å². The van der Waals surface area contributed by atoms with Crippen LogP contribution in [0.4, 0.5) is 4.53 Å². The second-order valence-corrected chi connectivity index (χ2v) is 26.4. The van der Waals surface area contributed by atoms with E-state index in [-0.39, 0.29) is 50.3 Å². The van der Waals surface area contributed by atoms with Crippen molar-refractivity contribution in [3.05, 3.63) is 0 Å². The molecule has 2 saturated heterocycles. The van der Waals surface area contributed by atoms with Crippen LogP contribution >= 0.6 is 0 Å². The Labute approximate surface area is 531 Å². The third-order valence-corrected chi connectivity index (χ3v) is 17.9. The molecule has 0 amide bonds. The van der Waals surface area contributed by atoms with E-state index in [2.05, 4.69) is 42.4 Å². The van der Waals surface area contributed by atoms with E-state index in [4.69, 9.17) is 14.2 Å². The SMILES string of the molecule is C.CCCCCCCCCCCCC(O)CN(CCCCC(=O)OC1COC2CCOC21)CC(O)CCCCCCCCCCCC.CCCCCCCCCCCCC(O)CN(CCCCC(=O)OF)CC(O)CCCCCCCCCCCC. The molecule has 2 fully saturated rings. The second kappa shape index (κ2) is 63.7. The van der Waals surface area contributed by atoms with Crippen LogP contribution in [-0.2, 0) is 28.7 Å². The highest BCUT2D eigenvalue weighted by Gasteiger charge is 2.44. The number of esters is 1. The number of halogens is 1. The maximum atomic E-state index is 12.5. The largest absolute Gasteiger partial charge is 0.457 e. The van der Waals surface area contributed by atoms with Gasteiger partial charge in [-0.25, -0.2) is 4.79 Å². The molecule has 0 radical (unpaired) electrons. The van der Waals surface area contributed by atoms with Gasteiger partial charge in [0, 0.05) is 50.2 Å². The summed E-state index contributed by atoms with van der Waals surface area (Å²) < 4.78 is 29.0. The van der Waals surface area contributed by atoms with E-state index >= 15 is 0 Å². The molecule has 7 unspecified atom stereocenters. The Morgan fingerprint density at radius 3 is 0.977 bits per heavy atom. The van der Waals surface area contributed by atoms with Crippen molar-refractivity contribution in [2.75, 3.05) is 52.5 Å². The van der Waals surface area contributed by atoms with Crippen LogP contribution in [0, 0.1) is 0 Å². The first-order valence-electron chi connectivity index (χ1n) is 37.0. The lowest BCUT2D eigenvalue weighted by molar-refractivity contribution is -0.183. The van der Waals surface area contributed by atoms with Gasteiger partial charge in [0.05, 0.1) is 37.1 Å². The third-order valence-electron chi connectivity index (χ3n) is 17.9. The van der Waals surface area contributed by atoms with E-state index in [0.717, 1.165) is 77.2 Å². The molecule has 0 aliphatic carbocycles. The molecule has 86 heavy (non-hydrogen) atoms. The Morgan fingerprint density at radius 1 is 0.407 bits per heavy atom. The lowest BCUT2D eigenvalue weighted by Gasteiger charge is -2.27. The monoisotopic (exact) mass is 1230 g/mol. The van der Waals surface area contributed by atoms with E-state index in [1.165, 1.54) is 231 Å². The Kier molecular flexibility index (Phi) is 62.6. The summed E-state index contributed by atoms with van der Waals surface area (Å²) in [6.07, 6.45) is 57.0. The van der Waals surface area contributed by atoms with Gasteiger partial charge in [-0.3, -0.25) is 19.5 Å². The van der Waals surface area contributed by atoms with Gasteiger partial charge in [-0.1, -0.05) is 292 Å². The summed E-state index contributed by atoms with van der Waals surface area (Å²) >= 11 is 0. The zero-order valence-corrected chi connectivity index (χ0v) is 56.3. The molecule has 0 aromatic carbocycles. The molecule has 13 heteroatoms. The molecule has 0 bridgehead atoms. The first kappa shape index (κ1) is 84.5. The number of ether oxygens (including phenoxy) is 3. The highest BCUT2D eigenvalue weighted by molar-refractivity contribution is 5.69. The lowest BCUT2D eigenvalue weighted by atomic mass is 10.0. The quantitative estimate of drug-likeness (QED) is 0.0338. The van der Waals surface area contributed by atoms with Crippen molar-refractivity contribution >= 4 is 11.9 Å². The van der Waals surface area contributed by atoms with Crippen molar-refractivity contribution in [3.63, 3.8) is 0 Å². The summed E-state index contributed by atoms with van der Waals surface area (Å²) in [5, 5.41) is 43.1. The number of hydrogen-bond acceptors (Lipinski definition) is 12. The zero-order chi connectivity index (χ0) is 61.9. The van der Waals surface area contributed by atoms with Crippen LogP contribution in [0.2, 0.25) is 0 Å². The molecule has 2 aliphatic rings. The Hall–Kier alpha value is -1.45. The Morgan fingerprint density at radius 2 is 0.686 bits per heavy atom. The molecule has 12 nitrogen and oxygen atoms in total. The summed E-state index contributed by atoms with van der Waals surface area (Å²) in [7, 11) is 0. The van der Waals surface area contributed by atoms with Crippen molar-refractivity contribution in [1.29, 1.82) is 0 Å². The normalized spacial score (nSPS) is 17.1. The minimum absolute atomic E-state index is 0. The number of hydrogen-bond donors (Lipinski definition) is 4. The maximum absolute atomic E-state index is 12.5. The minimum Gasteiger partial charge on any atom is -0.457 e. The number of fused-ring (bicyclic) bond motifs is 1. The molecule has 0 spiro atoms. The fourth-order valence-electron chi connectivity index (χ4n) is 12.5. The van der Waals surface area contributed by atoms with Gasteiger partial charge in [-0.05, 0) is 70.9 Å². The number of aliphatic hydroxyl groups is 4. The average molecular weight is 1230 g/mol. The fraction of sp³-hybridized carbons (Fsp3) is 0.973. The summed E-state index contributed by atoms with van der Waals surface area (Å²) in [6.45, 7) is 13.9. The summed E-state index contributed by atoms with van der Waals surface area (Å²) in [6, 6.07) is 0. The number of rotatable bonds is 63. The zero-order valence-electron chi connectivity index (χ0n) is 56.3. The smallest absolute Gasteiger partial charge is 0.348 e. The van der Waals surface area contributed by atoms with Gasteiger partial charge < -0.3 is 34.6 Å². The second-order valence-electron chi connectivity index (χ2n) is 26.4. The van der Waals surface area contributed by atoms with E-state index in [1.807, 2.05) is 0 Å². The number of carbonyl (C=O) groups excluding carboxylic acids is 2. The molecule has 2 aliphatic heterocycles. The van der Waals surface area contributed by atoms with Gasteiger partial charge in [0.2, 0.25) is 0 Å². The molecule has 514 valence electrons. The molecule has 0 saturated carbocycles. The van der Waals surface area contributed by atoms with Crippen LogP contribution < -0.4 is 0 Å². The van der Waals surface area contributed by atoms with E-state index < -0.39 is 18.2 Å². The molecular weight excluding hydrogens is 1080 g/mol. The molecule has 2 rings (SSSR count). The number of carbonyl (C=O) groups is 2. The maximum Gasteiger partial charge on any atom is 0.348 e. The third kappa shape index (κ3) is 53.2. The molecule has 7 atom stereocenters. The van der Waals surface area contributed by atoms with Crippen molar-refractivity contribution in [3.8, 4) is 0 Å². The Bertz CT molecular complexity index is 1350. The van der Waals surface area contributed by atoms with Gasteiger partial charge in [-0.2, -0.15) is 0 Å². The lowest BCUT2D eigenvalue weighted by Crippen LogP contribution is -2.38. The van der Waals surface area contributed by atoms with Crippen LogP contribution in [0.1, 0.15) is 363 Å². The molecule has 2 heterocycles. The first-order valence-corrected chi connectivity index (χ1v) is 37.0. The highest BCUT2D eigenvalue weighted by Crippen LogP contribution is 2.29. The first-order chi connectivity index (χ1) is 41.6. The van der Waals surface area contributed by atoms with Crippen molar-refractivity contribution in [1.82, 2.24) is 9.80 Å². The van der Waals surface area contributed by atoms with Gasteiger partial charge in [0.15, 0.2) is 6.10 Å². The highest BCUT2D eigenvalue weighted by atomic mass is 19.3. The van der Waals surface area contributed by atoms with Crippen LogP contribution in [0.5, 0.6) is 0 Å². The van der Waals surface area contributed by atoms with E-state index in [1.54, 1.807) is 0 Å². The topological polar surface area (TPSA) is 158 Å². The molecule has 4 N–H and O–H groups in total. The van der Waals surface area contributed by atoms with Crippen LogP contribution in [0.3, 0.4) is 0 Å². The predicted molar refractivity (Wildman–Crippen MR) is 358 cm³/mol. The summed E-state index contributed by atoms with van der Waals surface area (Å²) in [5.74, 6) is -1.01. The van der Waals surface area contributed by atoms with Crippen LogP contribution in [-0.4, -0.2) is 137 Å². The molecule has 0 aromatic rings. The van der Waals surface area contributed by atoms with Gasteiger partial charge >= 0.3 is 11.9 Å². The standard InChI is InChI=1S/C39H75NO6.C33H66FNO4.CH4/c1-3-5-7-9-11-13-15-17-19-21-25-34(41)31-40(32-35(42)26-22-20-18-16-14-12-10-8-6-4-2)29-24-23-27-38(43)46-37-33-45-36-28-30-44-39(36)37;1-3-5-7-9-11-13-15-17-19-21-25-31(36)29-35(28-24-23-27-33(38)39-34)30-32(37)26-22-20-18-16-14-12-10-8-6-4-2;/h34-37,39,41-42H,3-33H2,1-2H3;31-32,36-37H,3-30H2,1-2H3;1H4. The van der Waals surface area contributed by atoms with E-state index in [9.17, 15) is 34.5 Å². The molecule has 0 aromatic heterocycles. The minimum atomic E-state index is -0.830. The van der Waals surface area contributed by atoms with Gasteiger partial charge in [0.1, 0.15) is 6.10 Å². The number of aliphatic hydroxyl groups excluding tert-OH is 4. The van der Waals surface area contributed by atoms with Crippen LogP contribution in [0.25, 0.3) is 0 Å². The van der Waals surface area contributed by atoms with Gasteiger partial charge in [-0.15, -0.1) is 0 Å². The van der Waals surface area contributed by atoms with Gasteiger partial charge in [0.25, 0.3) is 0 Å². The van der Waals surface area contributed by atoms with Crippen molar-refractivity contribution in [2.45, 2.75) is 405 Å². The van der Waals surface area contributed by atoms with E-state index in [0.29, 0.717) is 65.2 Å². The van der Waals surface area contributed by atoms with Crippen molar-refractivity contribution in [2.24, 2.45) is 0 Å². The summed E-state index contributed by atoms with van der Waals surface area (Å²) in [5.41, 5.74) is 0. The summed E-state index contributed by atoms with van der Waals surface area (Å²) in [4.78, 5) is 31.2. The fourth-order valence-corrected chi connectivity index (χ4v) is 12.5. The van der Waals surface area contributed by atoms with Crippen LogP contribution in [0.15, 0.2) is 0 Å². The number of unbranched alkanes of at least 4 members (excludes halogenated alkanes) is 38.